The Balaban J connectivity index is 2.22. The minimum absolute atomic E-state index is 0.421. The van der Waals surface area contributed by atoms with Crippen LogP contribution in [0.3, 0.4) is 0 Å². The van der Waals surface area contributed by atoms with Gasteiger partial charge in [-0.2, -0.15) is 0 Å². The maximum Gasteiger partial charge on any atom is 0.174 e. The second-order valence-electron chi connectivity index (χ2n) is 3.95. The Hall–Kier alpha value is -2.36. The molecule has 2 heterocycles. The first kappa shape index (κ1) is 9.84. The summed E-state index contributed by atoms with van der Waals surface area (Å²) < 4.78 is 5.15. The van der Waals surface area contributed by atoms with Crippen LogP contribution in [0.15, 0.2) is 41.1 Å². The second kappa shape index (κ2) is 3.59. The standard InChI is InChI=1S/C13H11N3O/c1-8-3-2-6-15-12(8)9-4-5-10-11(7-9)17-16-13(10)14/h2-7H,1H3,(H2,14,16). The van der Waals surface area contributed by atoms with Crippen LogP contribution in [0.25, 0.3) is 22.2 Å². The molecule has 0 saturated carbocycles. The van der Waals surface area contributed by atoms with Gasteiger partial charge in [0.25, 0.3) is 0 Å². The van der Waals surface area contributed by atoms with Crippen molar-refractivity contribution in [1.82, 2.24) is 10.1 Å². The first-order valence-electron chi connectivity index (χ1n) is 5.32. The minimum atomic E-state index is 0.421. The van der Waals surface area contributed by atoms with E-state index in [-0.39, 0.29) is 0 Å². The Morgan fingerprint density at radius 2 is 2.12 bits per heavy atom. The third kappa shape index (κ3) is 1.54. The van der Waals surface area contributed by atoms with Gasteiger partial charge in [0.05, 0.1) is 11.1 Å². The van der Waals surface area contributed by atoms with Crippen LogP contribution in [0.4, 0.5) is 5.82 Å². The summed E-state index contributed by atoms with van der Waals surface area (Å²) >= 11 is 0. The Labute approximate surface area is 98.1 Å². The van der Waals surface area contributed by atoms with E-state index in [1.165, 1.54) is 0 Å². The number of hydrogen-bond acceptors (Lipinski definition) is 4. The van der Waals surface area contributed by atoms with E-state index in [9.17, 15) is 0 Å². The lowest BCUT2D eigenvalue weighted by Crippen LogP contribution is -1.87. The van der Waals surface area contributed by atoms with E-state index in [0.717, 1.165) is 22.2 Å². The van der Waals surface area contributed by atoms with Gasteiger partial charge in [-0.25, -0.2) is 0 Å². The van der Waals surface area contributed by atoms with Gasteiger partial charge < -0.3 is 10.3 Å². The summed E-state index contributed by atoms with van der Waals surface area (Å²) in [6.07, 6.45) is 1.78. The number of nitrogens with zero attached hydrogens (tertiary/aromatic N) is 2. The van der Waals surface area contributed by atoms with Crippen molar-refractivity contribution in [2.75, 3.05) is 5.73 Å². The summed E-state index contributed by atoms with van der Waals surface area (Å²) in [4.78, 5) is 4.37. The molecule has 1 aromatic carbocycles. The maximum absolute atomic E-state index is 5.67. The topological polar surface area (TPSA) is 64.9 Å². The van der Waals surface area contributed by atoms with Gasteiger partial charge >= 0.3 is 0 Å². The van der Waals surface area contributed by atoms with E-state index < -0.39 is 0 Å². The largest absolute Gasteiger partial charge is 0.380 e. The average molecular weight is 225 g/mol. The highest BCUT2D eigenvalue weighted by Gasteiger charge is 2.08. The van der Waals surface area contributed by atoms with Crippen molar-refractivity contribution >= 4 is 16.8 Å². The Bertz CT molecular complexity index is 688. The van der Waals surface area contributed by atoms with Crippen molar-refractivity contribution < 1.29 is 4.52 Å². The lowest BCUT2D eigenvalue weighted by atomic mass is 10.1. The number of nitrogen functional groups attached to an aromatic ring is 1. The van der Waals surface area contributed by atoms with Gasteiger partial charge in [0.1, 0.15) is 0 Å². The number of pyridine rings is 1. The minimum Gasteiger partial charge on any atom is -0.380 e. The number of hydrogen-bond donors (Lipinski definition) is 1. The lowest BCUT2D eigenvalue weighted by Gasteiger charge is -2.03. The molecule has 0 aliphatic rings. The first-order valence-corrected chi connectivity index (χ1v) is 5.32. The summed E-state index contributed by atoms with van der Waals surface area (Å²) in [5, 5.41) is 4.57. The Kier molecular flexibility index (Phi) is 2.08. The van der Waals surface area contributed by atoms with Crippen molar-refractivity contribution in [2.24, 2.45) is 0 Å². The number of benzene rings is 1. The number of fused-ring (bicyclic) bond motifs is 1. The number of rotatable bonds is 1. The fourth-order valence-electron chi connectivity index (χ4n) is 1.89. The van der Waals surface area contributed by atoms with E-state index in [1.807, 2.05) is 37.3 Å². The van der Waals surface area contributed by atoms with Crippen molar-refractivity contribution in [3.63, 3.8) is 0 Å². The van der Waals surface area contributed by atoms with Crippen LogP contribution >= 0.6 is 0 Å². The monoisotopic (exact) mass is 225 g/mol. The van der Waals surface area contributed by atoms with E-state index in [4.69, 9.17) is 10.3 Å². The van der Waals surface area contributed by atoms with Gasteiger partial charge in [-0.05, 0) is 30.7 Å². The van der Waals surface area contributed by atoms with E-state index in [0.29, 0.717) is 11.4 Å². The molecule has 0 unspecified atom stereocenters. The third-order valence-corrected chi connectivity index (χ3v) is 2.78. The molecular weight excluding hydrogens is 214 g/mol. The third-order valence-electron chi connectivity index (χ3n) is 2.78. The van der Waals surface area contributed by atoms with Crippen LogP contribution < -0.4 is 5.73 Å². The molecule has 3 rings (SSSR count). The first-order chi connectivity index (χ1) is 8.25. The molecule has 0 saturated heterocycles. The van der Waals surface area contributed by atoms with Gasteiger partial charge in [0, 0.05) is 11.8 Å². The van der Waals surface area contributed by atoms with Gasteiger partial charge in [0.2, 0.25) is 0 Å². The highest BCUT2D eigenvalue weighted by Crippen LogP contribution is 2.27. The number of aromatic nitrogens is 2. The fraction of sp³-hybridized carbons (Fsp3) is 0.0769. The predicted molar refractivity (Wildman–Crippen MR) is 66.4 cm³/mol. The summed E-state index contributed by atoms with van der Waals surface area (Å²) in [6, 6.07) is 9.74. The lowest BCUT2D eigenvalue weighted by molar-refractivity contribution is 0.460. The summed E-state index contributed by atoms with van der Waals surface area (Å²) in [5.41, 5.74) is 9.44. The molecule has 2 aromatic heterocycles. The molecule has 4 nitrogen and oxygen atoms in total. The highest BCUT2D eigenvalue weighted by atomic mass is 16.5. The van der Waals surface area contributed by atoms with Crippen LogP contribution in [0, 0.1) is 6.92 Å². The van der Waals surface area contributed by atoms with E-state index >= 15 is 0 Å². The van der Waals surface area contributed by atoms with Crippen molar-refractivity contribution in [3.05, 3.63) is 42.1 Å². The average Bonchev–Trinajstić information content (AvgIpc) is 2.71. The molecule has 3 aromatic rings. The molecule has 84 valence electrons. The quantitative estimate of drug-likeness (QED) is 0.691. The SMILES string of the molecule is Cc1cccnc1-c1ccc2c(N)noc2c1. The van der Waals surface area contributed by atoms with Gasteiger partial charge in [-0.1, -0.05) is 17.3 Å². The van der Waals surface area contributed by atoms with Crippen LogP contribution in [0.5, 0.6) is 0 Å². The zero-order chi connectivity index (χ0) is 11.8. The second-order valence-corrected chi connectivity index (χ2v) is 3.95. The molecule has 2 N–H and O–H groups in total. The summed E-state index contributed by atoms with van der Waals surface area (Å²) in [5.74, 6) is 0.421. The summed E-state index contributed by atoms with van der Waals surface area (Å²) in [6.45, 7) is 2.03. The molecule has 0 amide bonds. The van der Waals surface area contributed by atoms with Crippen LogP contribution in [0.1, 0.15) is 5.56 Å². The smallest absolute Gasteiger partial charge is 0.174 e. The van der Waals surface area contributed by atoms with Crippen LogP contribution in [-0.4, -0.2) is 10.1 Å². The van der Waals surface area contributed by atoms with Crippen LogP contribution in [0.2, 0.25) is 0 Å². The molecule has 17 heavy (non-hydrogen) atoms. The highest BCUT2D eigenvalue weighted by molar-refractivity contribution is 5.90. The molecule has 0 bridgehead atoms. The molecule has 0 atom stereocenters. The number of nitrogens with two attached hydrogens (primary N) is 1. The molecule has 0 aliphatic carbocycles. The van der Waals surface area contributed by atoms with Crippen molar-refractivity contribution in [2.45, 2.75) is 6.92 Å². The van der Waals surface area contributed by atoms with E-state index in [2.05, 4.69) is 10.1 Å². The predicted octanol–water partition coefficient (Wildman–Crippen LogP) is 2.78. The zero-order valence-electron chi connectivity index (χ0n) is 9.34. The fourth-order valence-corrected chi connectivity index (χ4v) is 1.89. The van der Waals surface area contributed by atoms with E-state index in [1.54, 1.807) is 6.20 Å². The van der Waals surface area contributed by atoms with Crippen molar-refractivity contribution in [1.29, 1.82) is 0 Å². The molecule has 0 radical (unpaired) electrons. The van der Waals surface area contributed by atoms with Gasteiger partial charge in [-0.15, -0.1) is 0 Å². The molecule has 0 spiro atoms. The molecule has 0 aliphatic heterocycles. The van der Waals surface area contributed by atoms with Gasteiger partial charge in [-0.3, -0.25) is 4.98 Å². The Morgan fingerprint density at radius 1 is 1.24 bits per heavy atom. The molecular formula is C13H11N3O. The number of anilines is 1. The van der Waals surface area contributed by atoms with Gasteiger partial charge in [0.15, 0.2) is 11.4 Å². The Morgan fingerprint density at radius 3 is 2.94 bits per heavy atom. The number of aryl methyl sites for hydroxylation is 1. The van der Waals surface area contributed by atoms with Crippen molar-refractivity contribution in [3.8, 4) is 11.3 Å². The summed E-state index contributed by atoms with van der Waals surface area (Å²) in [7, 11) is 0. The molecule has 4 heteroatoms. The maximum atomic E-state index is 5.67. The molecule has 0 fully saturated rings. The van der Waals surface area contributed by atoms with Crippen LogP contribution in [-0.2, 0) is 0 Å². The zero-order valence-corrected chi connectivity index (χ0v) is 9.34. The normalized spacial score (nSPS) is 10.9.